The lowest BCUT2D eigenvalue weighted by molar-refractivity contribution is -0.143. The summed E-state index contributed by atoms with van der Waals surface area (Å²) >= 11 is 0. The fraction of sp³-hybridized carbons (Fsp3) is 0.667. The van der Waals surface area contributed by atoms with Crippen LogP contribution >= 0.6 is 0 Å². The van der Waals surface area contributed by atoms with Crippen LogP contribution < -0.4 is 5.56 Å². The molecule has 7 heteroatoms. The molecule has 4 rings (SSSR count). The third kappa shape index (κ3) is 3.26. The number of pyridine rings is 1. The Morgan fingerprint density at radius 1 is 1.04 bits per heavy atom. The highest BCUT2D eigenvalue weighted by Gasteiger charge is 2.45. The standard InChI is InChI=1S/C21H30N4O3/c1-14(2)22-7-9-23(10-8-22)21(28)20-17-11-16(12-24(13-17)15(3)26)18-5-4-6-19(27)25(18)20/h4-6,14,16-17,20H,7-13H2,1-3H3/t16-,17+,20-/m1/s1. The number of hydrogen-bond acceptors (Lipinski definition) is 4. The van der Waals surface area contributed by atoms with E-state index < -0.39 is 6.04 Å². The van der Waals surface area contributed by atoms with E-state index in [4.69, 9.17) is 0 Å². The van der Waals surface area contributed by atoms with E-state index in [1.807, 2.05) is 15.9 Å². The van der Waals surface area contributed by atoms with Crippen molar-refractivity contribution >= 4 is 11.8 Å². The molecular weight excluding hydrogens is 356 g/mol. The number of fused-ring (bicyclic) bond motifs is 4. The minimum atomic E-state index is -0.507. The Labute approximate surface area is 165 Å². The predicted octanol–water partition coefficient (Wildman–Crippen LogP) is 0.908. The van der Waals surface area contributed by atoms with Crippen LogP contribution in [0.4, 0.5) is 0 Å². The van der Waals surface area contributed by atoms with Crippen molar-refractivity contribution in [3.8, 4) is 0 Å². The lowest BCUT2D eigenvalue weighted by Gasteiger charge is -2.47. The number of rotatable bonds is 2. The molecular formula is C21H30N4O3. The highest BCUT2D eigenvalue weighted by Crippen LogP contribution is 2.41. The highest BCUT2D eigenvalue weighted by atomic mass is 16.2. The van der Waals surface area contributed by atoms with Crippen molar-refractivity contribution in [1.29, 1.82) is 0 Å². The summed E-state index contributed by atoms with van der Waals surface area (Å²) in [4.78, 5) is 44.5. The smallest absolute Gasteiger partial charge is 0.251 e. The van der Waals surface area contributed by atoms with Crippen molar-refractivity contribution in [3.05, 3.63) is 34.2 Å². The van der Waals surface area contributed by atoms with Crippen molar-refractivity contribution in [3.63, 3.8) is 0 Å². The molecule has 2 fully saturated rings. The van der Waals surface area contributed by atoms with Crippen LogP contribution in [-0.2, 0) is 9.59 Å². The molecule has 3 aliphatic rings. The maximum Gasteiger partial charge on any atom is 0.251 e. The molecule has 2 bridgehead atoms. The van der Waals surface area contributed by atoms with Gasteiger partial charge in [-0.05, 0) is 26.3 Å². The summed E-state index contributed by atoms with van der Waals surface area (Å²) < 4.78 is 1.73. The van der Waals surface area contributed by atoms with Gasteiger partial charge in [0, 0.05) is 75.8 Å². The fourth-order valence-corrected chi connectivity index (χ4v) is 5.15. The minimum Gasteiger partial charge on any atom is -0.342 e. The molecule has 0 unspecified atom stereocenters. The Balaban J connectivity index is 1.66. The average Bonchev–Trinajstić information content (AvgIpc) is 2.68. The van der Waals surface area contributed by atoms with Crippen LogP contribution in [0.1, 0.15) is 44.8 Å². The van der Waals surface area contributed by atoms with Crippen LogP contribution in [0, 0.1) is 5.92 Å². The number of likely N-dealkylation sites (tertiary alicyclic amines) is 1. The lowest BCUT2D eigenvalue weighted by atomic mass is 9.78. The van der Waals surface area contributed by atoms with Crippen molar-refractivity contribution < 1.29 is 9.59 Å². The van der Waals surface area contributed by atoms with Gasteiger partial charge in [-0.2, -0.15) is 0 Å². The molecule has 0 aliphatic carbocycles. The molecule has 3 atom stereocenters. The third-order valence-electron chi connectivity index (χ3n) is 6.70. The number of piperazine rings is 1. The van der Waals surface area contributed by atoms with Crippen LogP contribution in [0.5, 0.6) is 0 Å². The fourth-order valence-electron chi connectivity index (χ4n) is 5.15. The first kappa shape index (κ1) is 19.2. The van der Waals surface area contributed by atoms with E-state index in [-0.39, 0.29) is 29.2 Å². The van der Waals surface area contributed by atoms with E-state index in [2.05, 4.69) is 18.7 Å². The molecule has 1 aromatic rings. The summed E-state index contributed by atoms with van der Waals surface area (Å²) in [6.45, 7) is 10.2. The van der Waals surface area contributed by atoms with Crippen LogP contribution in [0.15, 0.2) is 23.0 Å². The van der Waals surface area contributed by atoms with E-state index in [1.54, 1.807) is 23.6 Å². The largest absolute Gasteiger partial charge is 0.342 e. The molecule has 3 aliphatic heterocycles. The van der Waals surface area contributed by atoms with E-state index in [0.29, 0.717) is 32.2 Å². The first-order chi connectivity index (χ1) is 13.4. The summed E-state index contributed by atoms with van der Waals surface area (Å²) in [7, 11) is 0. The number of nitrogens with zero attached hydrogens (tertiary/aromatic N) is 4. The van der Waals surface area contributed by atoms with E-state index >= 15 is 0 Å². The van der Waals surface area contributed by atoms with Gasteiger partial charge in [-0.25, -0.2) is 0 Å². The van der Waals surface area contributed by atoms with Crippen molar-refractivity contribution in [1.82, 2.24) is 19.3 Å². The number of aromatic nitrogens is 1. The number of carbonyl (C=O) groups is 2. The number of piperidine rings is 1. The molecule has 2 saturated heterocycles. The van der Waals surface area contributed by atoms with E-state index in [9.17, 15) is 14.4 Å². The van der Waals surface area contributed by atoms with E-state index in [1.165, 1.54) is 0 Å². The predicted molar refractivity (Wildman–Crippen MR) is 106 cm³/mol. The Kier molecular flexibility index (Phi) is 5.04. The van der Waals surface area contributed by atoms with Gasteiger partial charge >= 0.3 is 0 Å². The Hall–Kier alpha value is -2.15. The van der Waals surface area contributed by atoms with Crippen molar-refractivity contribution in [2.45, 2.75) is 45.2 Å². The maximum atomic E-state index is 13.6. The molecule has 7 nitrogen and oxygen atoms in total. The van der Waals surface area contributed by atoms with Crippen LogP contribution in [0.2, 0.25) is 0 Å². The molecule has 0 saturated carbocycles. The Morgan fingerprint density at radius 3 is 2.39 bits per heavy atom. The van der Waals surface area contributed by atoms with Gasteiger partial charge in [-0.3, -0.25) is 23.9 Å². The molecule has 0 spiro atoms. The van der Waals surface area contributed by atoms with Gasteiger partial charge in [0.25, 0.3) is 5.56 Å². The van der Waals surface area contributed by atoms with Gasteiger partial charge in [0.05, 0.1) is 0 Å². The first-order valence-electron chi connectivity index (χ1n) is 10.4. The zero-order chi connectivity index (χ0) is 20.0. The molecule has 4 heterocycles. The zero-order valence-corrected chi connectivity index (χ0v) is 17.0. The Bertz CT molecular complexity index is 825. The summed E-state index contributed by atoms with van der Waals surface area (Å²) in [5, 5.41) is 0. The van der Waals surface area contributed by atoms with Gasteiger partial charge < -0.3 is 9.80 Å². The summed E-state index contributed by atoms with van der Waals surface area (Å²) in [6, 6.07) is 5.23. The monoisotopic (exact) mass is 386 g/mol. The summed E-state index contributed by atoms with van der Waals surface area (Å²) in [5.74, 6) is 0.189. The van der Waals surface area contributed by atoms with Gasteiger partial charge in [0.2, 0.25) is 11.8 Å². The number of carbonyl (C=O) groups excluding carboxylic acids is 2. The maximum absolute atomic E-state index is 13.6. The lowest BCUT2D eigenvalue weighted by Crippen LogP contribution is -2.57. The molecule has 0 N–H and O–H groups in total. The van der Waals surface area contributed by atoms with Gasteiger partial charge in [0.15, 0.2) is 0 Å². The number of hydrogen-bond donors (Lipinski definition) is 0. The average molecular weight is 386 g/mol. The summed E-state index contributed by atoms with van der Waals surface area (Å²) in [5.41, 5.74) is 0.788. The quantitative estimate of drug-likeness (QED) is 0.758. The molecule has 0 radical (unpaired) electrons. The van der Waals surface area contributed by atoms with Crippen LogP contribution in [0.3, 0.4) is 0 Å². The topological polar surface area (TPSA) is 65.9 Å². The zero-order valence-electron chi connectivity index (χ0n) is 17.0. The SMILES string of the molecule is CC(=O)N1C[C@H]2C[C@@H](C1)[C@H](C(=O)N1CCN(C(C)C)CC1)n1c2cccc1=O. The second-order valence-corrected chi connectivity index (χ2v) is 8.68. The Morgan fingerprint density at radius 2 is 1.75 bits per heavy atom. The second-order valence-electron chi connectivity index (χ2n) is 8.68. The molecule has 1 aromatic heterocycles. The van der Waals surface area contributed by atoms with Gasteiger partial charge in [-0.15, -0.1) is 0 Å². The van der Waals surface area contributed by atoms with Crippen molar-refractivity contribution in [2.24, 2.45) is 5.92 Å². The van der Waals surface area contributed by atoms with Crippen LogP contribution in [-0.4, -0.2) is 76.4 Å². The molecule has 0 aromatic carbocycles. The van der Waals surface area contributed by atoms with Crippen molar-refractivity contribution in [2.75, 3.05) is 39.3 Å². The normalized spacial score (nSPS) is 27.6. The molecule has 28 heavy (non-hydrogen) atoms. The summed E-state index contributed by atoms with van der Waals surface area (Å²) in [6.07, 6.45) is 0.857. The first-order valence-corrected chi connectivity index (χ1v) is 10.4. The minimum absolute atomic E-state index is 0.00845. The van der Waals surface area contributed by atoms with Gasteiger partial charge in [-0.1, -0.05) is 6.07 Å². The third-order valence-corrected chi connectivity index (χ3v) is 6.70. The van der Waals surface area contributed by atoms with E-state index in [0.717, 1.165) is 25.2 Å². The second kappa shape index (κ2) is 7.35. The van der Waals surface area contributed by atoms with Gasteiger partial charge in [0.1, 0.15) is 6.04 Å². The number of amides is 2. The molecule has 2 amide bonds. The highest BCUT2D eigenvalue weighted by molar-refractivity contribution is 5.82. The van der Waals surface area contributed by atoms with Crippen LogP contribution in [0.25, 0.3) is 0 Å². The molecule has 152 valence electrons.